The normalized spacial score (nSPS) is 32.5. The number of aliphatic hydroxyl groups excluding tert-OH is 4. The summed E-state index contributed by atoms with van der Waals surface area (Å²) in [6.07, 6.45) is -8.84. The van der Waals surface area contributed by atoms with E-state index in [4.69, 9.17) is 9.29 Å². The van der Waals surface area contributed by atoms with Gasteiger partial charge in [0, 0.05) is 6.54 Å². The van der Waals surface area contributed by atoms with E-state index < -0.39 is 59.3 Å². The van der Waals surface area contributed by atoms with Crippen LogP contribution in [0.15, 0.2) is 0 Å². The Labute approximate surface area is 126 Å². The molecule has 0 aromatic carbocycles. The molecule has 5 atom stereocenters. The Morgan fingerprint density at radius 1 is 1.14 bits per heavy atom. The third-order valence-corrected chi connectivity index (χ3v) is 3.72. The Bertz CT molecular complexity index is 468. The third-order valence-electron chi connectivity index (χ3n) is 2.91. The van der Waals surface area contributed by atoms with E-state index in [1.807, 2.05) is 0 Å². The van der Waals surface area contributed by atoms with Crippen molar-refractivity contribution >= 4 is 16.2 Å². The minimum absolute atomic E-state index is 0.0277. The molecule has 0 aromatic heterocycles. The first-order valence-electron chi connectivity index (χ1n) is 6.35. The fourth-order valence-corrected chi connectivity index (χ4v) is 2.23. The molecule has 1 unspecified atom stereocenters. The summed E-state index contributed by atoms with van der Waals surface area (Å²) >= 11 is 0. The number of carbonyl (C=O) groups is 1. The second kappa shape index (κ2) is 8.01. The second-order valence-corrected chi connectivity index (χ2v) is 6.27. The highest BCUT2D eigenvalue weighted by molar-refractivity contribution is 7.85. The van der Waals surface area contributed by atoms with Gasteiger partial charge in [-0.1, -0.05) is 0 Å². The fraction of sp³-hybridized carbons (Fsp3) is 0.900. The maximum atomic E-state index is 11.3. The van der Waals surface area contributed by atoms with Gasteiger partial charge in [-0.2, -0.15) is 8.42 Å². The van der Waals surface area contributed by atoms with E-state index in [1.165, 1.54) is 0 Å². The van der Waals surface area contributed by atoms with Crippen molar-refractivity contribution in [3.8, 4) is 0 Å². The lowest BCUT2D eigenvalue weighted by molar-refractivity contribution is -0.286. The van der Waals surface area contributed by atoms with Crippen LogP contribution >= 0.6 is 0 Å². The third kappa shape index (κ3) is 6.00. The van der Waals surface area contributed by atoms with Gasteiger partial charge in [0.1, 0.15) is 31.0 Å². The summed E-state index contributed by atoms with van der Waals surface area (Å²) in [5.74, 6) is -0.520. The quantitative estimate of drug-likeness (QED) is 0.211. The Kier molecular flexibility index (Phi) is 6.93. The first-order valence-corrected chi connectivity index (χ1v) is 7.96. The maximum absolute atomic E-state index is 11.3. The van der Waals surface area contributed by atoms with Gasteiger partial charge in [0.2, 0.25) is 0 Å². The number of rotatable bonds is 6. The van der Waals surface area contributed by atoms with Crippen molar-refractivity contribution in [1.29, 1.82) is 0 Å². The number of amides is 1. The standard InChI is InChI=1S/C10H19NO10S/c12-6-5(21-9(15)8(14)7(6)13)4-20-10(16)11-2-1-3-22(17,18)19/h5-9,12-15H,1-4H2,(H,11,16)(H,17,18,19)/t5-,6-,7+,8-,9?/m1/s1. The monoisotopic (exact) mass is 345 g/mol. The molecule has 0 radical (unpaired) electrons. The summed E-state index contributed by atoms with van der Waals surface area (Å²) in [7, 11) is -4.10. The smallest absolute Gasteiger partial charge is 0.407 e. The molecule has 22 heavy (non-hydrogen) atoms. The molecule has 1 aliphatic rings. The van der Waals surface area contributed by atoms with Gasteiger partial charge >= 0.3 is 6.09 Å². The van der Waals surface area contributed by atoms with E-state index in [2.05, 4.69) is 10.1 Å². The van der Waals surface area contributed by atoms with Gasteiger partial charge in [-0.15, -0.1) is 0 Å². The van der Waals surface area contributed by atoms with E-state index in [9.17, 15) is 33.6 Å². The molecule has 1 fully saturated rings. The molecule has 1 aliphatic heterocycles. The summed E-state index contributed by atoms with van der Waals surface area (Å²) in [5, 5.41) is 39.7. The van der Waals surface area contributed by atoms with Crippen molar-refractivity contribution < 1.29 is 47.7 Å². The average molecular weight is 345 g/mol. The topological polar surface area (TPSA) is 183 Å². The van der Waals surface area contributed by atoms with Gasteiger partial charge in [-0.05, 0) is 6.42 Å². The Hall–Kier alpha value is -1.02. The van der Waals surface area contributed by atoms with Crippen LogP contribution in [0.5, 0.6) is 0 Å². The summed E-state index contributed by atoms with van der Waals surface area (Å²) in [6.45, 7) is -0.581. The van der Waals surface area contributed by atoms with Gasteiger partial charge in [0.25, 0.3) is 10.1 Å². The summed E-state index contributed by atoms with van der Waals surface area (Å²) in [5.41, 5.74) is 0. The first-order chi connectivity index (χ1) is 10.1. The van der Waals surface area contributed by atoms with Crippen LogP contribution in [0, 0.1) is 0 Å². The van der Waals surface area contributed by atoms with Crippen LogP contribution in [0.3, 0.4) is 0 Å². The van der Waals surface area contributed by atoms with E-state index >= 15 is 0 Å². The van der Waals surface area contributed by atoms with E-state index in [1.54, 1.807) is 0 Å². The van der Waals surface area contributed by atoms with E-state index in [-0.39, 0.29) is 13.0 Å². The predicted octanol–water partition coefficient (Wildman–Crippen LogP) is -3.21. The molecule has 0 bridgehead atoms. The molecule has 1 saturated heterocycles. The summed E-state index contributed by atoms with van der Waals surface area (Å²) < 4.78 is 38.8. The summed E-state index contributed by atoms with van der Waals surface area (Å²) in [4.78, 5) is 11.3. The Morgan fingerprint density at radius 2 is 1.77 bits per heavy atom. The Balaban J connectivity index is 2.29. The zero-order chi connectivity index (χ0) is 16.9. The Morgan fingerprint density at radius 3 is 2.36 bits per heavy atom. The average Bonchev–Trinajstić information content (AvgIpc) is 2.43. The molecule has 1 heterocycles. The van der Waals surface area contributed by atoms with Gasteiger partial charge in [0.15, 0.2) is 6.29 Å². The number of alkyl carbamates (subject to hydrolysis) is 1. The van der Waals surface area contributed by atoms with Crippen LogP contribution in [-0.2, 0) is 19.6 Å². The molecule has 0 aromatic rings. The lowest BCUT2D eigenvalue weighted by Crippen LogP contribution is -2.58. The highest BCUT2D eigenvalue weighted by Gasteiger charge is 2.43. The lowest BCUT2D eigenvalue weighted by atomic mass is 9.99. The van der Waals surface area contributed by atoms with Crippen LogP contribution in [0.4, 0.5) is 4.79 Å². The largest absolute Gasteiger partial charge is 0.447 e. The molecule has 0 saturated carbocycles. The number of ether oxygens (including phenoxy) is 2. The van der Waals surface area contributed by atoms with Crippen LogP contribution in [0.2, 0.25) is 0 Å². The van der Waals surface area contributed by atoms with Crippen LogP contribution in [-0.4, -0.2) is 89.1 Å². The van der Waals surface area contributed by atoms with Crippen molar-refractivity contribution in [2.75, 3.05) is 18.9 Å². The molecule has 1 amide bonds. The van der Waals surface area contributed by atoms with Crippen LogP contribution in [0.1, 0.15) is 6.42 Å². The minimum atomic E-state index is -4.10. The fourth-order valence-electron chi connectivity index (χ4n) is 1.72. The highest BCUT2D eigenvalue weighted by Crippen LogP contribution is 2.19. The number of hydrogen-bond acceptors (Lipinski definition) is 9. The molecule has 11 nitrogen and oxygen atoms in total. The predicted molar refractivity (Wildman–Crippen MR) is 69.3 cm³/mol. The number of nitrogens with one attached hydrogen (secondary N) is 1. The van der Waals surface area contributed by atoms with Crippen molar-refractivity contribution in [2.24, 2.45) is 0 Å². The van der Waals surface area contributed by atoms with E-state index in [0.29, 0.717) is 0 Å². The van der Waals surface area contributed by atoms with Gasteiger partial charge in [-0.25, -0.2) is 4.79 Å². The highest BCUT2D eigenvalue weighted by atomic mass is 32.2. The number of hydrogen-bond donors (Lipinski definition) is 6. The van der Waals surface area contributed by atoms with E-state index in [0.717, 1.165) is 0 Å². The lowest BCUT2D eigenvalue weighted by Gasteiger charge is -2.37. The number of aliphatic hydroxyl groups is 4. The van der Waals surface area contributed by atoms with Crippen LogP contribution < -0.4 is 5.32 Å². The van der Waals surface area contributed by atoms with Gasteiger partial charge < -0.3 is 35.2 Å². The molecule has 0 spiro atoms. The zero-order valence-electron chi connectivity index (χ0n) is 11.4. The zero-order valence-corrected chi connectivity index (χ0v) is 12.2. The molecular formula is C10H19NO10S. The van der Waals surface area contributed by atoms with Crippen molar-refractivity contribution in [3.63, 3.8) is 0 Å². The van der Waals surface area contributed by atoms with Crippen LogP contribution in [0.25, 0.3) is 0 Å². The van der Waals surface area contributed by atoms with Crippen molar-refractivity contribution in [2.45, 2.75) is 37.1 Å². The summed E-state index contributed by atoms with van der Waals surface area (Å²) in [6, 6.07) is 0. The number of carbonyl (C=O) groups excluding carboxylic acids is 1. The van der Waals surface area contributed by atoms with Crippen molar-refractivity contribution in [1.82, 2.24) is 5.32 Å². The molecular weight excluding hydrogens is 326 g/mol. The van der Waals surface area contributed by atoms with Gasteiger partial charge in [-0.3, -0.25) is 4.55 Å². The van der Waals surface area contributed by atoms with Gasteiger partial charge in [0.05, 0.1) is 5.75 Å². The molecule has 130 valence electrons. The molecule has 1 rings (SSSR count). The second-order valence-electron chi connectivity index (χ2n) is 4.70. The van der Waals surface area contributed by atoms with Crippen molar-refractivity contribution in [3.05, 3.63) is 0 Å². The molecule has 0 aliphatic carbocycles. The SMILES string of the molecule is O=C(NCCCS(=O)(=O)O)OC[C@H]1OC(O)[C@H](O)[C@@H](O)[C@@H]1O. The minimum Gasteiger partial charge on any atom is -0.447 e. The maximum Gasteiger partial charge on any atom is 0.407 e. The molecule has 12 heteroatoms. The molecule has 6 N–H and O–H groups in total. The first kappa shape index (κ1) is 19.0.